The number of fused-ring (bicyclic) bond motifs is 1. The van der Waals surface area contributed by atoms with Gasteiger partial charge in [-0.2, -0.15) is 4.98 Å². The maximum atomic E-state index is 16.1. The topological polar surface area (TPSA) is 94.4 Å². The zero-order chi connectivity index (χ0) is 29.3. The molecular formula is C30H34F2N6O3. The predicted molar refractivity (Wildman–Crippen MR) is 154 cm³/mol. The smallest absolute Gasteiger partial charge is 0.355 e. The van der Waals surface area contributed by atoms with Crippen molar-refractivity contribution in [3.8, 4) is 22.7 Å². The zero-order valence-electron chi connectivity index (χ0n) is 23.9. The molecule has 0 bridgehead atoms. The van der Waals surface area contributed by atoms with Gasteiger partial charge in [0, 0.05) is 39.0 Å². The first-order valence-electron chi connectivity index (χ1n) is 13.7. The van der Waals surface area contributed by atoms with Crippen LogP contribution in [0.25, 0.3) is 28.0 Å². The predicted octanol–water partition coefficient (Wildman–Crippen LogP) is 4.38. The summed E-state index contributed by atoms with van der Waals surface area (Å²) in [5, 5.41) is 3.66. The molecular weight excluding hydrogens is 530 g/mol. The van der Waals surface area contributed by atoms with Gasteiger partial charge in [0.2, 0.25) is 0 Å². The van der Waals surface area contributed by atoms with Crippen molar-refractivity contribution >= 4 is 16.9 Å². The number of aryl methyl sites for hydroxylation is 1. The Labute approximate surface area is 237 Å². The molecule has 1 aliphatic rings. The lowest BCUT2D eigenvalue weighted by atomic mass is 10.0. The van der Waals surface area contributed by atoms with E-state index in [1.54, 1.807) is 18.3 Å². The number of piperazine rings is 1. The summed E-state index contributed by atoms with van der Waals surface area (Å²) in [6.45, 7) is 10.2. The van der Waals surface area contributed by atoms with E-state index in [4.69, 9.17) is 9.47 Å². The van der Waals surface area contributed by atoms with Crippen LogP contribution in [0.15, 0.2) is 41.3 Å². The normalized spacial score (nSPS) is 15.6. The Morgan fingerprint density at radius 1 is 1.15 bits per heavy atom. The van der Waals surface area contributed by atoms with Crippen LogP contribution < -0.4 is 20.6 Å². The largest absolute Gasteiger partial charge is 0.490 e. The van der Waals surface area contributed by atoms with Gasteiger partial charge in [-0.05, 0) is 49.6 Å². The molecule has 1 fully saturated rings. The molecule has 3 aromatic heterocycles. The molecule has 1 aromatic carbocycles. The van der Waals surface area contributed by atoms with Crippen LogP contribution in [0.3, 0.4) is 0 Å². The summed E-state index contributed by atoms with van der Waals surface area (Å²) in [5.41, 5.74) is 1.15. The third kappa shape index (κ3) is 5.39. The van der Waals surface area contributed by atoms with E-state index in [1.165, 1.54) is 29.9 Å². The number of hydrogen-bond donors (Lipinski definition) is 1. The fourth-order valence-corrected chi connectivity index (χ4v) is 5.23. The molecule has 9 nitrogen and oxygen atoms in total. The summed E-state index contributed by atoms with van der Waals surface area (Å²) in [7, 11) is 1.52. The molecule has 41 heavy (non-hydrogen) atoms. The number of rotatable bonds is 8. The molecule has 0 saturated carbocycles. The van der Waals surface area contributed by atoms with E-state index in [-0.39, 0.29) is 47.8 Å². The zero-order valence-corrected chi connectivity index (χ0v) is 23.9. The number of pyridine rings is 2. The van der Waals surface area contributed by atoms with E-state index < -0.39 is 17.3 Å². The van der Waals surface area contributed by atoms with Crippen LogP contribution in [0.1, 0.15) is 37.9 Å². The molecule has 0 aliphatic carbocycles. The molecule has 1 aliphatic heterocycles. The summed E-state index contributed by atoms with van der Waals surface area (Å²) in [5.74, 6) is -1.04. The molecule has 5 rings (SSSR count). The van der Waals surface area contributed by atoms with Gasteiger partial charge in [-0.25, -0.2) is 23.1 Å². The molecule has 0 amide bonds. The highest BCUT2D eigenvalue weighted by Crippen LogP contribution is 2.37. The van der Waals surface area contributed by atoms with Crippen molar-refractivity contribution in [2.45, 2.75) is 39.7 Å². The number of aromatic nitrogens is 4. The number of ether oxygens (including phenoxy) is 2. The number of benzene rings is 1. The first kappa shape index (κ1) is 28.6. The molecule has 0 spiro atoms. The fourth-order valence-electron chi connectivity index (χ4n) is 5.23. The second kappa shape index (κ2) is 11.9. The monoisotopic (exact) mass is 564 g/mol. The Kier molecular flexibility index (Phi) is 8.27. The number of anilines is 1. The minimum atomic E-state index is -0.762. The number of hydrogen-bond acceptors (Lipinski definition) is 8. The molecule has 11 heteroatoms. The second-order valence-electron chi connectivity index (χ2n) is 10.5. The van der Waals surface area contributed by atoms with Gasteiger partial charge in [0.05, 0.1) is 28.9 Å². The van der Waals surface area contributed by atoms with Gasteiger partial charge in [-0.3, -0.25) is 4.98 Å². The summed E-state index contributed by atoms with van der Waals surface area (Å²) in [6, 6.07) is 7.34. The van der Waals surface area contributed by atoms with Crippen LogP contribution in [0.2, 0.25) is 0 Å². The van der Waals surface area contributed by atoms with Gasteiger partial charge >= 0.3 is 5.69 Å². The van der Waals surface area contributed by atoms with Gasteiger partial charge in [-0.15, -0.1) is 0 Å². The number of halogens is 2. The average molecular weight is 565 g/mol. The standard InChI is InChI=1S/C30H34F2N6O3/c1-17(2)25-27(18(3)9-10-34-25)38-29-20(28(36-30(38)39)37-12-11-33-16-19(37)4)15-22(32)26(35-29)24-21(31)7-6-8-23(24)41-14-13-40-5/h6-10,15,17,19,33H,11-14,16H2,1-5H3/t19-/m0/s1. The van der Waals surface area contributed by atoms with Gasteiger partial charge < -0.3 is 19.7 Å². The maximum absolute atomic E-state index is 16.1. The van der Waals surface area contributed by atoms with E-state index in [0.29, 0.717) is 42.2 Å². The van der Waals surface area contributed by atoms with Crippen molar-refractivity contribution < 1.29 is 18.3 Å². The lowest BCUT2D eigenvalue weighted by Crippen LogP contribution is -2.50. The van der Waals surface area contributed by atoms with E-state index in [2.05, 4.69) is 20.3 Å². The van der Waals surface area contributed by atoms with Crippen molar-refractivity contribution in [1.29, 1.82) is 0 Å². The Balaban J connectivity index is 1.86. The van der Waals surface area contributed by atoms with Gasteiger partial charge in [-0.1, -0.05) is 19.9 Å². The molecule has 0 radical (unpaired) electrons. The molecule has 0 unspecified atom stereocenters. The highest BCUT2D eigenvalue weighted by atomic mass is 19.1. The van der Waals surface area contributed by atoms with E-state index in [1.807, 2.05) is 32.6 Å². The van der Waals surface area contributed by atoms with Crippen LogP contribution in [-0.4, -0.2) is 65.5 Å². The van der Waals surface area contributed by atoms with Gasteiger partial charge in [0.25, 0.3) is 0 Å². The Hall–Kier alpha value is -3.96. The second-order valence-corrected chi connectivity index (χ2v) is 10.5. The average Bonchev–Trinajstić information content (AvgIpc) is 2.94. The minimum absolute atomic E-state index is 0.00357. The molecule has 1 saturated heterocycles. The van der Waals surface area contributed by atoms with E-state index in [0.717, 1.165) is 5.56 Å². The molecule has 1 N–H and O–H groups in total. The molecule has 1 atom stereocenters. The SMILES string of the molecule is COCCOc1cccc(F)c1-c1nc2c(cc1F)c(N1CCNC[C@@H]1C)nc(=O)n2-c1c(C)ccnc1C(C)C. The summed E-state index contributed by atoms with van der Waals surface area (Å²) in [6.07, 6.45) is 1.69. The van der Waals surface area contributed by atoms with Crippen LogP contribution in [-0.2, 0) is 4.74 Å². The number of nitrogens with zero attached hydrogens (tertiary/aromatic N) is 5. The lowest BCUT2D eigenvalue weighted by molar-refractivity contribution is 0.146. The van der Waals surface area contributed by atoms with Crippen molar-refractivity contribution in [2.24, 2.45) is 0 Å². The van der Waals surface area contributed by atoms with Crippen LogP contribution >= 0.6 is 0 Å². The van der Waals surface area contributed by atoms with E-state index >= 15 is 8.78 Å². The molecule has 4 heterocycles. The lowest BCUT2D eigenvalue weighted by Gasteiger charge is -2.35. The molecule has 4 aromatic rings. The highest BCUT2D eigenvalue weighted by Gasteiger charge is 2.28. The number of nitrogens with one attached hydrogen (secondary N) is 1. The highest BCUT2D eigenvalue weighted by molar-refractivity contribution is 5.91. The third-order valence-corrected chi connectivity index (χ3v) is 7.26. The van der Waals surface area contributed by atoms with Crippen LogP contribution in [0.4, 0.5) is 14.6 Å². The Morgan fingerprint density at radius 3 is 2.68 bits per heavy atom. The molecule has 216 valence electrons. The summed E-state index contributed by atoms with van der Waals surface area (Å²) >= 11 is 0. The van der Waals surface area contributed by atoms with Gasteiger partial charge in [0.1, 0.15) is 29.7 Å². The Bertz CT molecular complexity index is 1640. The maximum Gasteiger partial charge on any atom is 0.355 e. The minimum Gasteiger partial charge on any atom is -0.490 e. The first-order chi connectivity index (χ1) is 19.7. The third-order valence-electron chi connectivity index (χ3n) is 7.26. The van der Waals surface area contributed by atoms with Crippen molar-refractivity contribution in [2.75, 3.05) is 44.9 Å². The van der Waals surface area contributed by atoms with Gasteiger partial charge in [0.15, 0.2) is 11.5 Å². The summed E-state index contributed by atoms with van der Waals surface area (Å²) < 4.78 is 43.6. The van der Waals surface area contributed by atoms with Crippen molar-refractivity contribution in [3.05, 3.63) is 69.9 Å². The van der Waals surface area contributed by atoms with E-state index in [9.17, 15) is 4.79 Å². The number of methoxy groups -OCH3 is 1. The van der Waals surface area contributed by atoms with Crippen molar-refractivity contribution in [1.82, 2.24) is 24.8 Å². The first-order valence-corrected chi connectivity index (χ1v) is 13.7. The summed E-state index contributed by atoms with van der Waals surface area (Å²) in [4.78, 5) is 29.6. The fraction of sp³-hybridized carbons (Fsp3) is 0.400. The Morgan fingerprint density at radius 2 is 1.95 bits per heavy atom. The van der Waals surface area contributed by atoms with Crippen LogP contribution in [0.5, 0.6) is 5.75 Å². The quantitative estimate of drug-likeness (QED) is 0.315. The van der Waals surface area contributed by atoms with Crippen LogP contribution in [0, 0.1) is 18.6 Å². The van der Waals surface area contributed by atoms with Crippen molar-refractivity contribution in [3.63, 3.8) is 0 Å².